The molecule has 1 aromatic heterocycles. The number of carbonyl (C=O) groups is 1. The third-order valence-electron chi connectivity index (χ3n) is 4.41. The van der Waals surface area contributed by atoms with Crippen LogP contribution in [-0.2, 0) is 10.0 Å². The van der Waals surface area contributed by atoms with E-state index in [0.717, 1.165) is 25.3 Å². The molecule has 0 radical (unpaired) electrons. The van der Waals surface area contributed by atoms with Gasteiger partial charge in [0.05, 0.1) is 10.6 Å². The quantitative estimate of drug-likeness (QED) is 0.803. The topological polar surface area (TPSA) is 79.4 Å². The third kappa shape index (κ3) is 4.72. The van der Waals surface area contributed by atoms with Crippen LogP contribution in [0, 0.1) is 5.92 Å². The molecule has 0 saturated carbocycles. The van der Waals surface area contributed by atoms with Crippen molar-refractivity contribution in [1.82, 2.24) is 9.71 Å². The summed E-state index contributed by atoms with van der Waals surface area (Å²) in [5, 5.41) is 0.425. The minimum absolute atomic E-state index is 0.0246. The van der Waals surface area contributed by atoms with E-state index in [0.29, 0.717) is 10.9 Å². The molecule has 3 rings (SSSR count). The molecule has 1 aromatic carbocycles. The van der Waals surface area contributed by atoms with Crippen LogP contribution in [0.15, 0.2) is 41.4 Å². The van der Waals surface area contributed by atoms with Gasteiger partial charge >= 0.3 is 0 Å². The first kappa shape index (κ1) is 19.9. The van der Waals surface area contributed by atoms with Gasteiger partial charge in [0.2, 0.25) is 0 Å². The molecule has 9 heteroatoms. The summed E-state index contributed by atoms with van der Waals surface area (Å²) in [4.78, 5) is 18.6. The molecule has 144 valence electrons. The molecule has 0 aliphatic carbocycles. The van der Waals surface area contributed by atoms with E-state index in [1.54, 1.807) is 6.07 Å². The number of pyridine rings is 1. The van der Waals surface area contributed by atoms with E-state index in [9.17, 15) is 13.2 Å². The molecule has 0 bridgehead atoms. The van der Waals surface area contributed by atoms with Gasteiger partial charge in [0, 0.05) is 24.3 Å². The summed E-state index contributed by atoms with van der Waals surface area (Å²) in [5.74, 6) is 0.477. The van der Waals surface area contributed by atoms with Crippen molar-refractivity contribution in [1.29, 1.82) is 0 Å². The first-order valence-corrected chi connectivity index (χ1v) is 10.7. The van der Waals surface area contributed by atoms with Crippen molar-refractivity contribution in [3.63, 3.8) is 0 Å². The summed E-state index contributed by atoms with van der Waals surface area (Å²) < 4.78 is 27.0. The number of nitrogens with zero attached hydrogens (tertiary/aromatic N) is 2. The van der Waals surface area contributed by atoms with Crippen LogP contribution in [0.25, 0.3) is 0 Å². The Balaban J connectivity index is 1.75. The number of anilines is 1. The number of piperidine rings is 1. The van der Waals surface area contributed by atoms with Crippen molar-refractivity contribution < 1.29 is 13.2 Å². The van der Waals surface area contributed by atoms with Crippen molar-refractivity contribution in [3.05, 3.63) is 52.1 Å². The molecular weight excluding hydrogens is 409 g/mol. The number of nitrogens with one attached hydrogen (secondary N) is 1. The number of carbonyl (C=O) groups excluding carboxylic acids is 1. The standard InChI is InChI=1S/C18H19Cl2N3O3S/c1-12-3-2-8-23(11-12)17-7-5-14(10-21-17)27(25,26)22-18(24)15-6-4-13(19)9-16(15)20/h4-7,9-10,12H,2-3,8,11H2,1H3,(H,22,24). The van der Waals surface area contributed by atoms with Gasteiger partial charge in [-0.25, -0.2) is 18.1 Å². The maximum absolute atomic E-state index is 12.5. The van der Waals surface area contributed by atoms with Gasteiger partial charge < -0.3 is 4.90 Å². The number of amides is 1. The Labute approximate surface area is 168 Å². The molecule has 1 fully saturated rings. The summed E-state index contributed by atoms with van der Waals surface area (Å²) in [5.41, 5.74) is 0.0246. The predicted octanol–water partition coefficient (Wildman–Crippen LogP) is 3.74. The van der Waals surface area contributed by atoms with E-state index in [1.807, 2.05) is 4.72 Å². The second-order valence-electron chi connectivity index (χ2n) is 6.60. The van der Waals surface area contributed by atoms with E-state index in [1.165, 1.54) is 36.9 Å². The summed E-state index contributed by atoms with van der Waals surface area (Å²) in [6, 6.07) is 7.31. The molecule has 1 saturated heterocycles. The molecule has 1 atom stereocenters. The molecule has 27 heavy (non-hydrogen) atoms. The van der Waals surface area contributed by atoms with Crippen LogP contribution < -0.4 is 9.62 Å². The first-order chi connectivity index (χ1) is 12.8. The number of hydrogen-bond donors (Lipinski definition) is 1. The van der Waals surface area contributed by atoms with Crippen molar-refractivity contribution in [2.24, 2.45) is 5.92 Å². The fourth-order valence-electron chi connectivity index (χ4n) is 3.03. The van der Waals surface area contributed by atoms with E-state index in [2.05, 4.69) is 16.8 Å². The highest BCUT2D eigenvalue weighted by Crippen LogP contribution is 2.23. The summed E-state index contributed by atoms with van der Waals surface area (Å²) in [6.45, 7) is 3.97. The second kappa shape index (κ2) is 8.04. The number of halogens is 2. The van der Waals surface area contributed by atoms with Crippen molar-refractivity contribution in [2.45, 2.75) is 24.7 Å². The van der Waals surface area contributed by atoms with Crippen molar-refractivity contribution >= 4 is 45.0 Å². The van der Waals surface area contributed by atoms with Gasteiger partial charge in [0.1, 0.15) is 10.7 Å². The Morgan fingerprint density at radius 1 is 1.26 bits per heavy atom. The number of benzene rings is 1. The lowest BCUT2D eigenvalue weighted by Gasteiger charge is -2.31. The van der Waals surface area contributed by atoms with Crippen molar-refractivity contribution in [2.75, 3.05) is 18.0 Å². The molecule has 1 unspecified atom stereocenters. The minimum atomic E-state index is -4.06. The van der Waals surface area contributed by atoms with E-state index >= 15 is 0 Å². The number of aromatic nitrogens is 1. The highest BCUT2D eigenvalue weighted by Gasteiger charge is 2.22. The van der Waals surface area contributed by atoms with Gasteiger partial charge in [0.15, 0.2) is 0 Å². The lowest BCUT2D eigenvalue weighted by Crippen LogP contribution is -2.35. The first-order valence-electron chi connectivity index (χ1n) is 8.49. The van der Waals surface area contributed by atoms with Crippen LogP contribution in [-0.4, -0.2) is 32.4 Å². The highest BCUT2D eigenvalue weighted by atomic mass is 35.5. The summed E-state index contributed by atoms with van der Waals surface area (Å²) in [7, 11) is -4.06. The molecule has 1 aliphatic heterocycles. The van der Waals surface area contributed by atoms with Gasteiger partial charge in [-0.15, -0.1) is 0 Å². The molecule has 2 aromatic rings. The maximum Gasteiger partial charge on any atom is 0.266 e. The van der Waals surface area contributed by atoms with Crippen LogP contribution in [0.3, 0.4) is 0 Å². The Kier molecular flexibility index (Phi) is 5.93. The fraction of sp³-hybridized carbons (Fsp3) is 0.333. The zero-order valence-electron chi connectivity index (χ0n) is 14.7. The molecule has 1 N–H and O–H groups in total. The third-order valence-corrected chi connectivity index (χ3v) is 6.28. The van der Waals surface area contributed by atoms with Crippen LogP contribution in [0.5, 0.6) is 0 Å². The SMILES string of the molecule is CC1CCCN(c2ccc(S(=O)(=O)NC(=O)c3ccc(Cl)cc3Cl)cn2)C1. The van der Waals surface area contributed by atoms with Crippen LogP contribution in [0.4, 0.5) is 5.82 Å². The largest absolute Gasteiger partial charge is 0.356 e. The van der Waals surface area contributed by atoms with E-state index in [4.69, 9.17) is 23.2 Å². The normalized spacial score (nSPS) is 17.6. The van der Waals surface area contributed by atoms with Crippen LogP contribution in [0.1, 0.15) is 30.1 Å². The Hall–Kier alpha value is -1.83. The maximum atomic E-state index is 12.5. The van der Waals surface area contributed by atoms with Gasteiger partial charge in [-0.2, -0.15) is 0 Å². The monoisotopic (exact) mass is 427 g/mol. The second-order valence-corrected chi connectivity index (χ2v) is 9.13. The average molecular weight is 428 g/mol. The van der Waals surface area contributed by atoms with Gasteiger partial charge in [-0.3, -0.25) is 4.79 Å². The van der Waals surface area contributed by atoms with Gasteiger partial charge in [-0.1, -0.05) is 30.1 Å². The minimum Gasteiger partial charge on any atom is -0.356 e. The average Bonchev–Trinajstić information content (AvgIpc) is 2.61. The predicted molar refractivity (Wildman–Crippen MR) is 106 cm³/mol. The molecule has 6 nitrogen and oxygen atoms in total. The zero-order chi connectivity index (χ0) is 19.6. The molecular formula is C18H19Cl2N3O3S. The van der Waals surface area contributed by atoms with E-state index < -0.39 is 15.9 Å². The van der Waals surface area contributed by atoms with Crippen LogP contribution >= 0.6 is 23.2 Å². The Bertz CT molecular complexity index is 949. The number of rotatable bonds is 4. The molecule has 0 spiro atoms. The molecule has 1 aliphatic rings. The van der Waals surface area contributed by atoms with Crippen LogP contribution in [0.2, 0.25) is 10.0 Å². The highest BCUT2D eigenvalue weighted by molar-refractivity contribution is 7.90. The Morgan fingerprint density at radius 2 is 2.04 bits per heavy atom. The van der Waals surface area contributed by atoms with Gasteiger partial charge in [-0.05, 0) is 49.1 Å². The summed E-state index contributed by atoms with van der Waals surface area (Å²) in [6.07, 6.45) is 3.52. The summed E-state index contributed by atoms with van der Waals surface area (Å²) >= 11 is 11.8. The molecule has 1 amide bonds. The zero-order valence-corrected chi connectivity index (χ0v) is 17.0. The van der Waals surface area contributed by atoms with Crippen molar-refractivity contribution in [3.8, 4) is 0 Å². The lowest BCUT2D eigenvalue weighted by molar-refractivity contribution is 0.0981. The Morgan fingerprint density at radius 3 is 2.67 bits per heavy atom. The van der Waals surface area contributed by atoms with Gasteiger partial charge in [0.25, 0.3) is 15.9 Å². The molecule has 2 heterocycles. The lowest BCUT2D eigenvalue weighted by atomic mass is 10.0. The number of hydrogen-bond acceptors (Lipinski definition) is 5. The smallest absolute Gasteiger partial charge is 0.266 e. The fourth-order valence-corrected chi connectivity index (χ4v) is 4.43. The van der Waals surface area contributed by atoms with E-state index in [-0.39, 0.29) is 15.5 Å². The number of sulfonamides is 1.